The number of aliphatic hydroxyl groups is 4. The molecular weight excluding hydrogens is 186 g/mol. The van der Waals surface area contributed by atoms with Crippen LogP contribution in [0.25, 0.3) is 0 Å². The molecule has 0 aromatic carbocycles. The van der Waals surface area contributed by atoms with Crippen LogP contribution >= 0.6 is 12.4 Å². The predicted molar refractivity (Wildman–Crippen MR) is 44.1 cm³/mol. The van der Waals surface area contributed by atoms with E-state index in [0.717, 1.165) is 5.31 Å². The number of piperidine rings is 1. The van der Waals surface area contributed by atoms with Crippen molar-refractivity contribution in [2.75, 3.05) is 13.2 Å². The lowest BCUT2D eigenvalue weighted by atomic mass is 9.97. The standard InChI is InChI=1S/C6H13NO4.ClH/c8-2-3-5(10)6(11)4(9)1-7-3;/h3-11H,1-2H2;1H/t3-,4-,5-,6-;/m1./s1/i/hD. The molecule has 6 heteroatoms. The quantitative estimate of drug-likeness (QED) is 0.322. The summed E-state index contributed by atoms with van der Waals surface area (Å²) in [7, 11) is 0. The third-order valence-electron chi connectivity index (χ3n) is 1.85. The first-order valence-corrected chi connectivity index (χ1v) is 3.48. The Balaban J connectivity index is 0.00000144. The van der Waals surface area contributed by atoms with Crippen LogP contribution in [-0.4, -0.2) is 57.9 Å². The molecule has 1 rings (SSSR count). The van der Waals surface area contributed by atoms with Crippen LogP contribution in [-0.2, 0) is 0 Å². The first-order chi connectivity index (χ1) is 5.57. The molecule has 5 nitrogen and oxygen atoms in total. The molecule has 0 amide bonds. The van der Waals surface area contributed by atoms with Crippen molar-refractivity contribution in [3.8, 4) is 0 Å². The van der Waals surface area contributed by atoms with Crippen LogP contribution < -0.4 is 5.31 Å². The van der Waals surface area contributed by atoms with E-state index >= 15 is 0 Å². The fourth-order valence-electron chi connectivity index (χ4n) is 1.08. The summed E-state index contributed by atoms with van der Waals surface area (Å²) in [5.41, 5.74) is 0. The van der Waals surface area contributed by atoms with Crippen molar-refractivity contribution in [2.24, 2.45) is 0 Å². The van der Waals surface area contributed by atoms with Crippen LogP contribution in [0, 0.1) is 0 Å². The molecule has 0 aromatic heterocycles. The van der Waals surface area contributed by atoms with Gasteiger partial charge in [0.25, 0.3) is 0 Å². The molecule has 5 N–H and O–H groups in total. The van der Waals surface area contributed by atoms with Crippen LogP contribution in [0.1, 0.15) is 0 Å². The third-order valence-corrected chi connectivity index (χ3v) is 1.85. The SMILES string of the molecule is Cl.[2H]N1C[C@@H](O)[C@@H](O)[C@H](O)[C@H]1CO. The average Bonchev–Trinajstić information content (AvgIpc) is 2.01. The lowest BCUT2D eigenvalue weighted by molar-refractivity contribution is -0.101. The number of halogens is 1. The summed E-state index contributed by atoms with van der Waals surface area (Å²) in [6.45, 7) is -0.474. The van der Waals surface area contributed by atoms with Crippen molar-refractivity contribution in [3.63, 3.8) is 0 Å². The maximum Gasteiger partial charge on any atom is 0.123 e. The summed E-state index contributed by atoms with van der Waals surface area (Å²) in [5, 5.41) is 37.1. The molecule has 1 aliphatic heterocycles. The van der Waals surface area contributed by atoms with Gasteiger partial charge in [0.1, 0.15) is 7.52 Å². The summed E-state index contributed by atoms with van der Waals surface area (Å²) in [5.74, 6) is 0. The Hall–Kier alpha value is 0.0900. The fourth-order valence-corrected chi connectivity index (χ4v) is 1.08. The maximum atomic E-state index is 9.25. The summed E-state index contributed by atoms with van der Waals surface area (Å²) in [4.78, 5) is 0. The van der Waals surface area contributed by atoms with Gasteiger partial charge in [0, 0.05) is 6.54 Å². The van der Waals surface area contributed by atoms with Gasteiger partial charge >= 0.3 is 0 Å². The zero-order valence-electron chi connectivity index (χ0n) is 7.37. The van der Waals surface area contributed by atoms with Crippen molar-refractivity contribution < 1.29 is 21.8 Å². The lowest BCUT2D eigenvalue weighted by Gasteiger charge is -2.34. The van der Waals surface area contributed by atoms with Gasteiger partial charge in [-0.15, -0.1) is 12.4 Å². The molecule has 0 radical (unpaired) electrons. The molecule has 0 bridgehead atoms. The molecule has 0 saturated carbocycles. The first-order valence-electron chi connectivity index (χ1n) is 3.93. The van der Waals surface area contributed by atoms with E-state index in [1.807, 2.05) is 0 Å². The van der Waals surface area contributed by atoms with Crippen molar-refractivity contribution in [3.05, 3.63) is 0 Å². The summed E-state index contributed by atoms with van der Waals surface area (Å²) < 4.78 is 7.22. The van der Waals surface area contributed by atoms with Gasteiger partial charge in [-0.3, -0.25) is 0 Å². The highest BCUT2D eigenvalue weighted by molar-refractivity contribution is 5.85. The van der Waals surface area contributed by atoms with Crippen molar-refractivity contribution >= 4 is 12.4 Å². The molecule has 12 heavy (non-hydrogen) atoms. The van der Waals surface area contributed by atoms with Crippen molar-refractivity contribution in [2.45, 2.75) is 24.4 Å². The summed E-state index contributed by atoms with van der Waals surface area (Å²) in [6, 6.07) is -0.816. The minimum Gasteiger partial charge on any atom is -0.395 e. The summed E-state index contributed by atoms with van der Waals surface area (Å²) >= 11 is 0. The Labute approximate surface area is 77.9 Å². The van der Waals surface area contributed by atoms with Gasteiger partial charge in [0.05, 0.1) is 24.9 Å². The normalized spacial score (nSPS) is 44.8. The predicted octanol–water partition coefficient (Wildman–Crippen LogP) is -2.55. The minimum absolute atomic E-state index is 0. The van der Waals surface area contributed by atoms with E-state index in [2.05, 4.69) is 0 Å². The van der Waals surface area contributed by atoms with E-state index in [4.69, 9.17) is 16.7 Å². The Morgan fingerprint density at radius 2 is 1.92 bits per heavy atom. The highest BCUT2D eigenvalue weighted by Gasteiger charge is 2.35. The molecule has 74 valence electrons. The molecule has 4 atom stereocenters. The topological polar surface area (TPSA) is 93.0 Å². The second-order valence-electron chi connectivity index (χ2n) is 2.66. The first kappa shape index (κ1) is 10.2. The fraction of sp³-hybridized carbons (Fsp3) is 1.00. The average molecular weight is 201 g/mol. The van der Waals surface area contributed by atoms with E-state index in [1.165, 1.54) is 0 Å². The van der Waals surface area contributed by atoms with Crippen LogP contribution in [0.3, 0.4) is 0 Å². The summed E-state index contributed by atoms with van der Waals surface area (Å²) in [6.07, 6.45) is -3.67. The second kappa shape index (κ2) is 4.96. The van der Waals surface area contributed by atoms with E-state index in [-0.39, 0.29) is 19.0 Å². The zero-order chi connectivity index (χ0) is 9.30. The molecule has 1 fully saturated rings. The van der Waals surface area contributed by atoms with E-state index in [9.17, 15) is 5.11 Å². The van der Waals surface area contributed by atoms with Gasteiger partial charge in [-0.1, -0.05) is 0 Å². The number of nitrogens with one attached hydrogen (secondary N) is 1. The van der Waals surface area contributed by atoms with Crippen molar-refractivity contribution in [1.82, 2.24) is 5.31 Å². The van der Waals surface area contributed by atoms with E-state index in [1.54, 1.807) is 0 Å². The highest BCUT2D eigenvalue weighted by atomic mass is 35.5. The molecule has 1 aliphatic rings. The maximum absolute atomic E-state index is 9.25. The monoisotopic (exact) mass is 200 g/mol. The second-order valence-corrected chi connectivity index (χ2v) is 2.66. The van der Waals surface area contributed by atoms with E-state index < -0.39 is 31.0 Å². The van der Waals surface area contributed by atoms with Crippen LogP contribution in [0.5, 0.6) is 0 Å². The number of hydrogen-bond acceptors (Lipinski definition) is 5. The van der Waals surface area contributed by atoms with Gasteiger partial charge in [-0.25, -0.2) is 0 Å². The molecular formula is C6H14ClNO4. The Bertz CT molecular complexity index is 164. The Morgan fingerprint density at radius 1 is 1.33 bits per heavy atom. The van der Waals surface area contributed by atoms with E-state index in [0.29, 0.717) is 0 Å². The number of aliphatic hydroxyl groups excluding tert-OH is 4. The molecule has 0 unspecified atom stereocenters. The van der Waals surface area contributed by atoms with Gasteiger partial charge < -0.3 is 25.7 Å². The largest absolute Gasteiger partial charge is 0.395 e. The van der Waals surface area contributed by atoms with Crippen molar-refractivity contribution in [1.29, 1.82) is 0 Å². The number of rotatable bonds is 1. The molecule has 0 aliphatic carbocycles. The van der Waals surface area contributed by atoms with Gasteiger partial charge in [-0.05, 0) is 0 Å². The number of hydrogen-bond donors (Lipinski definition) is 5. The van der Waals surface area contributed by atoms with Gasteiger partial charge in [-0.2, -0.15) is 0 Å². The minimum atomic E-state index is -1.27. The van der Waals surface area contributed by atoms with Crippen LogP contribution in [0.2, 0.25) is 1.41 Å². The Kier molecular flexibility index (Phi) is 4.20. The highest BCUT2D eigenvalue weighted by Crippen LogP contribution is 2.09. The molecule has 0 spiro atoms. The van der Waals surface area contributed by atoms with Crippen LogP contribution in [0.15, 0.2) is 0 Å². The molecule has 1 heterocycles. The molecule has 1 saturated heterocycles. The van der Waals surface area contributed by atoms with Gasteiger partial charge in [0.2, 0.25) is 0 Å². The zero-order valence-corrected chi connectivity index (χ0v) is 7.18. The van der Waals surface area contributed by atoms with Gasteiger partial charge in [0.15, 0.2) is 0 Å². The lowest BCUT2D eigenvalue weighted by Crippen LogP contribution is -2.60. The third kappa shape index (κ3) is 2.29. The van der Waals surface area contributed by atoms with Crippen LogP contribution in [0.4, 0.5) is 0 Å². The Morgan fingerprint density at radius 3 is 2.42 bits per heavy atom. The number of β-amino-alcohol motifs (C(OH)–C–C–N with tert-alkyl or cyclic N) is 1. The smallest absolute Gasteiger partial charge is 0.123 e. The molecule has 0 aromatic rings.